The lowest BCUT2D eigenvalue weighted by atomic mass is 10.2. The van der Waals surface area contributed by atoms with Crippen LogP contribution >= 0.6 is 0 Å². The average molecular weight is 385 g/mol. The number of anilines is 1. The number of nitro groups is 1. The van der Waals surface area contributed by atoms with E-state index in [1.807, 2.05) is 4.90 Å². The molecular formula is C16H18F3N5O3. The summed E-state index contributed by atoms with van der Waals surface area (Å²) in [5.41, 5.74) is -0.0676. The fourth-order valence-electron chi connectivity index (χ4n) is 3.08. The van der Waals surface area contributed by atoms with Crippen molar-refractivity contribution >= 4 is 11.4 Å². The highest BCUT2D eigenvalue weighted by Crippen LogP contribution is 2.35. The number of alkyl halides is 2. The lowest BCUT2D eigenvalue weighted by molar-refractivity contribution is -0.384. The Balaban J connectivity index is 1.72. The van der Waals surface area contributed by atoms with Crippen molar-refractivity contribution < 1.29 is 22.8 Å². The molecule has 1 aromatic heterocycles. The first-order chi connectivity index (χ1) is 12.9. The van der Waals surface area contributed by atoms with Crippen LogP contribution in [0.5, 0.6) is 5.75 Å². The number of methoxy groups -OCH3 is 1. The molecular weight excluding hydrogens is 367 g/mol. The molecule has 1 aliphatic heterocycles. The van der Waals surface area contributed by atoms with E-state index in [-0.39, 0.29) is 29.5 Å². The summed E-state index contributed by atoms with van der Waals surface area (Å²) in [5.74, 6) is -0.615. The van der Waals surface area contributed by atoms with E-state index >= 15 is 0 Å². The van der Waals surface area contributed by atoms with Gasteiger partial charge in [0.25, 0.3) is 5.69 Å². The van der Waals surface area contributed by atoms with Gasteiger partial charge >= 0.3 is 6.55 Å². The first-order valence-corrected chi connectivity index (χ1v) is 8.19. The van der Waals surface area contributed by atoms with Gasteiger partial charge in [-0.1, -0.05) is 0 Å². The number of halogens is 3. The molecule has 0 unspecified atom stereocenters. The number of hydrogen-bond acceptors (Lipinski definition) is 6. The van der Waals surface area contributed by atoms with Crippen LogP contribution in [0.15, 0.2) is 24.5 Å². The SMILES string of the molecule is COc1cc(N2CCN(Cc3nccn3C(F)F)CC2)c([N+](=O)[O-])cc1F. The highest BCUT2D eigenvalue weighted by Gasteiger charge is 2.27. The van der Waals surface area contributed by atoms with Crippen LogP contribution in [-0.4, -0.2) is 52.7 Å². The molecule has 146 valence electrons. The van der Waals surface area contributed by atoms with Crippen molar-refractivity contribution in [3.05, 3.63) is 46.3 Å². The molecule has 1 aromatic carbocycles. The second kappa shape index (κ2) is 7.82. The van der Waals surface area contributed by atoms with Crippen molar-refractivity contribution in [2.24, 2.45) is 0 Å². The zero-order chi connectivity index (χ0) is 19.6. The Morgan fingerprint density at radius 1 is 1.30 bits per heavy atom. The minimum Gasteiger partial charge on any atom is -0.494 e. The summed E-state index contributed by atoms with van der Waals surface area (Å²) >= 11 is 0. The van der Waals surface area contributed by atoms with E-state index in [9.17, 15) is 23.3 Å². The molecule has 0 aliphatic carbocycles. The summed E-state index contributed by atoms with van der Waals surface area (Å²) < 4.78 is 45.4. The summed E-state index contributed by atoms with van der Waals surface area (Å²) in [6, 6.07) is 2.16. The number of piperazine rings is 1. The number of nitro benzene ring substituents is 1. The minimum atomic E-state index is -2.65. The summed E-state index contributed by atoms with van der Waals surface area (Å²) in [7, 11) is 1.29. The largest absolute Gasteiger partial charge is 0.494 e. The second-order valence-corrected chi connectivity index (χ2v) is 6.02. The van der Waals surface area contributed by atoms with Gasteiger partial charge < -0.3 is 9.64 Å². The van der Waals surface area contributed by atoms with Gasteiger partial charge in [-0.25, -0.2) is 9.37 Å². The molecule has 0 amide bonds. The Labute approximate surface area is 152 Å². The third-order valence-electron chi connectivity index (χ3n) is 4.48. The van der Waals surface area contributed by atoms with Crippen LogP contribution in [-0.2, 0) is 6.54 Å². The molecule has 3 rings (SSSR count). The zero-order valence-corrected chi connectivity index (χ0v) is 14.5. The monoisotopic (exact) mass is 385 g/mol. The van der Waals surface area contributed by atoms with Gasteiger partial charge in [-0.15, -0.1) is 0 Å². The van der Waals surface area contributed by atoms with Crippen molar-refractivity contribution in [2.45, 2.75) is 13.1 Å². The average Bonchev–Trinajstić information content (AvgIpc) is 3.10. The van der Waals surface area contributed by atoms with Gasteiger partial charge in [0.2, 0.25) is 0 Å². The number of aromatic nitrogens is 2. The number of nitrogens with zero attached hydrogens (tertiary/aromatic N) is 5. The number of rotatable bonds is 6. The molecule has 0 radical (unpaired) electrons. The minimum absolute atomic E-state index is 0.0722. The van der Waals surface area contributed by atoms with Crippen molar-refractivity contribution in [3.63, 3.8) is 0 Å². The van der Waals surface area contributed by atoms with Crippen molar-refractivity contribution in [3.8, 4) is 5.75 Å². The van der Waals surface area contributed by atoms with Crippen molar-refractivity contribution in [2.75, 3.05) is 38.2 Å². The molecule has 2 aromatic rings. The molecule has 0 bridgehead atoms. The van der Waals surface area contributed by atoms with Gasteiger partial charge in [0.15, 0.2) is 11.6 Å². The smallest absolute Gasteiger partial charge is 0.319 e. The summed E-state index contributed by atoms with van der Waals surface area (Å²) in [4.78, 5) is 18.3. The molecule has 11 heteroatoms. The van der Waals surface area contributed by atoms with E-state index in [2.05, 4.69) is 4.98 Å². The van der Waals surface area contributed by atoms with Crippen LogP contribution in [0.4, 0.5) is 24.5 Å². The second-order valence-electron chi connectivity index (χ2n) is 6.02. The van der Waals surface area contributed by atoms with E-state index < -0.39 is 17.3 Å². The quantitative estimate of drug-likeness (QED) is 0.562. The van der Waals surface area contributed by atoms with Gasteiger partial charge in [-0.05, 0) is 0 Å². The topological polar surface area (TPSA) is 76.7 Å². The Morgan fingerprint density at radius 2 is 2.00 bits per heavy atom. The molecule has 0 atom stereocenters. The molecule has 1 aliphatic rings. The Hall–Kier alpha value is -2.82. The maximum absolute atomic E-state index is 13.8. The molecule has 27 heavy (non-hydrogen) atoms. The van der Waals surface area contributed by atoms with E-state index in [0.717, 1.165) is 10.6 Å². The third-order valence-corrected chi connectivity index (χ3v) is 4.48. The molecule has 0 N–H and O–H groups in total. The predicted molar refractivity (Wildman–Crippen MR) is 90.6 cm³/mol. The lowest BCUT2D eigenvalue weighted by Crippen LogP contribution is -2.46. The molecule has 8 nitrogen and oxygen atoms in total. The van der Waals surface area contributed by atoms with Crippen LogP contribution in [0.3, 0.4) is 0 Å². The number of imidazole rings is 1. The maximum atomic E-state index is 13.8. The van der Waals surface area contributed by atoms with Gasteiger partial charge in [0.1, 0.15) is 11.5 Å². The standard InChI is InChI=1S/C16H18F3N5O3/c1-27-14-9-12(13(24(25)26)8-11(14)17)22-6-4-21(5-7-22)10-15-20-2-3-23(15)16(18)19/h2-3,8-9,16H,4-7,10H2,1H3. The fraction of sp³-hybridized carbons (Fsp3) is 0.438. The van der Waals surface area contributed by atoms with Gasteiger partial charge in [-0.2, -0.15) is 8.78 Å². The number of hydrogen-bond donors (Lipinski definition) is 0. The maximum Gasteiger partial charge on any atom is 0.319 e. The first-order valence-electron chi connectivity index (χ1n) is 8.19. The van der Waals surface area contributed by atoms with Crippen molar-refractivity contribution in [1.82, 2.24) is 14.5 Å². The van der Waals surface area contributed by atoms with E-state index in [1.165, 1.54) is 25.6 Å². The van der Waals surface area contributed by atoms with Gasteiger partial charge in [0.05, 0.1) is 24.6 Å². The van der Waals surface area contributed by atoms with E-state index in [0.29, 0.717) is 26.2 Å². The molecule has 0 saturated carbocycles. The van der Waals surface area contributed by atoms with Gasteiger partial charge in [0, 0.05) is 44.6 Å². The Bertz CT molecular complexity index is 822. The third kappa shape index (κ3) is 3.97. The Kier molecular flexibility index (Phi) is 5.49. The van der Waals surface area contributed by atoms with Crippen molar-refractivity contribution in [1.29, 1.82) is 0 Å². The lowest BCUT2D eigenvalue weighted by Gasteiger charge is -2.35. The van der Waals surface area contributed by atoms with Crippen LogP contribution in [0.25, 0.3) is 0 Å². The molecule has 1 fully saturated rings. The summed E-state index contributed by atoms with van der Waals surface area (Å²) in [6.45, 7) is -0.575. The van der Waals surface area contributed by atoms with Crippen LogP contribution in [0, 0.1) is 15.9 Å². The van der Waals surface area contributed by atoms with Crippen LogP contribution < -0.4 is 9.64 Å². The highest BCUT2D eigenvalue weighted by molar-refractivity contribution is 5.66. The van der Waals surface area contributed by atoms with Crippen LogP contribution in [0.1, 0.15) is 12.4 Å². The van der Waals surface area contributed by atoms with Crippen LogP contribution in [0.2, 0.25) is 0 Å². The van der Waals surface area contributed by atoms with E-state index in [1.54, 1.807) is 4.90 Å². The zero-order valence-electron chi connectivity index (χ0n) is 14.5. The fourth-order valence-corrected chi connectivity index (χ4v) is 3.08. The predicted octanol–water partition coefficient (Wildman–Crippen LogP) is 2.66. The Morgan fingerprint density at radius 3 is 2.59 bits per heavy atom. The first kappa shape index (κ1) is 19.0. The molecule has 0 spiro atoms. The summed E-state index contributed by atoms with van der Waals surface area (Å²) in [5, 5.41) is 11.3. The number of ether oxygens (including phenoxy) is 1. The van der Waals surface area contributed by atoms with E-state index in [4.69, 9.17) is 4.74 Å². The number of benzene rings is 1. The summed E-state index contributed by atoms with van der Waals surface area (Å²) in [6.07, 6.45) is 2.55. The normalized spacial score (nSPS) is 15.4. The highest BCUT2D eigenvalue weighted by atomic mass is 19.3. The molecule has 1 saturated heterocycles. The molecule has 2 heterocycles. The van der Waals surface area contributed by atoms with Gasteiger partial charge in [-0.3, -0.25) is 19.6 Å².